The fourth-order valence-corrected chi connectivity index (χ4v) is 4.27. The van der Waals surface area contributed by atoms with Crippen LogP contribution in [0, 0.1) is 0 Å². The number of hydrogen-bond donors (Lipinski definition) is 2. The quantitative estimate of drug-likeness (QED) is 0.412. The second-order valence-corrected chi connectivity index (χ2v) is 9.14. The molecule has 0 spiro atoms. The predicted molar refractivity (Wildman–Crippen MR) is 132 cm³/mol. The molecular formula is C25H32ClN5O3. The van der Waals surface area contributed by atoms with E-state index in [-0.39, 0.29) is 12.2 Å². The third-order valence-electron chi connectivity index (χ3n) is 5.99. The number of ether oxygens (including phenoxy) is 1. The zero-order chi connectivity index (χ0) is 23.6. The first kappa shape index (κ1) is 24.6. The smallest absolute Gasteiger partial charge is 0.267 e. The van der Waals surface area contributed by atoms with Crippen molar-refractivity contribution >= 4 is 29.4 Å². The summed E-state index contributed by atoms with van der Waals surface area (Å²) in [7, 11) is 0. The van der Waals surface area contributed by atoms with Crippen molar-refractivity contribution in [2.75, 3.05) is 31.6 Å². The van der Waals surface area contributed by atoms with Gasteiger partial charge in [0.05, 0.1) is 18.1 Å². The Kier molecular flexibility index (Phi) is 9.27. The van der Waals surface area contributed by atoms with Crippen molar-refractivity contribution in [2.45, 2.75) is 50.9 Å². The van der Waals surface area contributed by atoms with E-state index in [1.807, 2.05) is 12.1 Å². The van der Waals surface area contributed by atoms with E-state index in [9.17, 15) is 4.79 Å². The summed E-state index contributed by atoms with van der Waals surface area (Å²) in [6.45, 7) is 3.77. The summed E-state index contributed by atoms with van der Waals surface area (Å²) in [6.07, 6.45) is 12.1. The minimum atomic E-state index is -0.371. The number of halogens is 1. The first-order valence-corrected chi connectivity index (χ1v) is 12.3. The van der Waals surface area contributed by atoms with Gasteiger partial charge in [-0.05, 0) is 62.4 Å². The number of anilines is 1. The Morgan fingerprint density at radius 1 is 1.18 bits per heavy atom. The van der Waals surface area contributed by atoms with Gasteiger partial charge >= 0.3 is 0 Å². The molecule has 34 heavy (non-hydrogen) atoms. The van der Waals surface area contributed by atoms with Crippen molar-refractivity contribution in [3.63, 3.8) is 0 Å². The van der Waals surface area contributed by atoms with Gasteiger partial charge in [0, 0.05) is 43.3 Å². The molecule has 0 saturated carbocycles. The maximum absolute atomic E-state index is 11.9. The molecule has 182 valence electrons. The molecule has 1 aromatic carbocycles. The number of nitrogens with zero attached hydrogens (tertiary/aromatic N) is 3. The SMILES string of the molecule is O=C(/C=C/c1cnc(N[C@@H]2CCCN(CCc3ccc(Cl)cc3)C2)cn1)NOC1CCCCO1. The number of carbonyl (C=O) groups is 1. The summed E-state index contributed by atoms with van der Waals surface area (Å²) in [4.78, 5) is 28.5. The minimum absolute atomic E-state index is 0.333. The number of hydroxylamine groups is 1. The lowest BCUT2D eigenvalue weighted by molar-refractivity contribution is -0.198. The lowest BCUT2D eigenvalue weighted by Crippen LogP contribution is -2.43. The largest absolute Gasteiger partial charge is 0.365 e. The highest BCUT2D eigenvalue weighted by Crippen LogP contribution is 2.16. The number of carbonyl (C=O) groups excluding carboxylic acids is 1. The van der Waals surface area contributed by atoms with E-state index < -0.39 is 0 Å². The Labute approximate surface area is 205 Å². The van der Waals surface area contributed by atoms with Crippen molar-refractivity contribution in [1.29, 1.82) is 0 Å². The highest BCUT2D eigenvalue weighted by molar-refractivity contribution is 6.30. The van der Waals surface area contributed by atoms with E-state index in [0.29, 0.717) is 18.3 Å². The average molecular weight is 486 g/mol. The zero-order valence-corrected chi connectivity index (χ0v) is 20.0. The van der Waals surface area contributed by atoms with Gasteiger partial charge in [0.15, 0.2) is 6.29 Å². The molecule has 2 N–H and O–H groups in total. The van der Waals surface area contributed by atoms with Crippen LogP contribution in [0.2, 0.25) is 5.02 Å². The number of amides is 1. The van der Waals surface area contributed by atoms with Crippen LogP contribution in [0.15, 0.2) is 42.7 Å². The van der Waals surface area contributed by atoms with Crippen LogP contribution in [0.25, 0.3) is 6.08 Å². The van der Waals surface area contributed by atoms with Gasteiger partial charge in [0.25, 0.3) is 5.91 Å². The second kappa shape index (κ2) is 12.8. The second-order valence-electron chi connectivity index (χ2n) is 8.70. The number of nitrogens with one attached hydrogen (secondary N) is 2. The molecule has 8 nitrogen and oxygen atoms in total. The molecular weight excluding hydrogens is 454 g/mol. The molecule has 0 bridgehead atoms. The summed E-state index contributed by atoms with van der Waals surface area (Å²) in [5, 5.41) is 4.27. The van der Waals surface area contributed by atoms with Crippen LogP contribution in [0.4, 0.5) is 5.82 Å². The van der Waals surface area contributed by atoms with Crippen molar-refractivity contribution in [3.8, 4) is 0 Å². The van der Waals surface area contributed by atoms with Crippen LogP contribution < -0.4 is 10.8 Å². The van der Waals surface area contributed by atoms with E-state index in [2.05, 4.69) is 37.8 Å². The van der Waals surface area contributed by atoms with Gasteiger partial charge in [-0.1, -0.05) is 23.7 Å². The summed E-state index contributed by atoms with van der Waals surface area (Å²) < 4.78 is 5.41. The summed E-state index contributed by atoms with van der Waals surface area (Å²) in [6, 6.07) is 8.41. The maximum Gasteiger partial charge on any atom is 0.267 e. The maximum atomic E-state index is 11.9. The van der Waals surface area contributed by atoms with Crippen LogP contribution in [0.5, 0.6) is 0 Å². The number of hydrogen-bond acceptors (Lipinski definition) is 7. The van der Waals surface area contributed by atoms with Crippen LogP contribution in [-0.4, -0.2) is 59.3 Å². The monoisotopic (exact) mass is 485 g/mol. The Balaban J connectivity index is 1.19. The minimum Gasteiger partial charge on any atom is -0.365 e. The number of rotatable bonds is 9. The molecule has 1 aromatic heterocycles. The molecule has 2 aliphatic rings. The molecule has 0 aliphatic carbocycles. The first-order valence-electron chi connectivity index (χ1n) is 11.9. The van der Waals surface area contributed by atoms with Gasteiger partial charge in [-0.2, -0.15) is 0 Å². The number of likely N-dealkylation sites (tertiary alicyclic amines) is 1. The van der Waals surface area contributed by atoms with Crippen molar-refractivity contribution < 1.29 is 14.4 Å². The van der Waals surface area contributed by atoms with Gasteiger partial charge in [-0.15, -0.1) is 0 Å². The molecule has 2 atom stereocenters. The predicted octanol–water partition coefficient (Wildman–Crippen LogP) is 3.84. The lowest BCUT2D eigenvalue weighted by Gasteiger charge is -2.33. The molecule has 2 saturated heterocycles. The Hall–Kier alpha value is -2.52. The van der Waals surface area contributed by atoms with E-state index >= 15 is 0 Å². The fraction of sp³-hybridized carbons (Fsp3) is 0.480. The standard InChI is InChI=1S/C25H32ClN5O3/c26-20-8-6-19(7-9-20)12-14-31-13-3-4-22(18-31)29-23-17-27-21(16-28-23)10-11-24(32)30-34-25-5-1-2-15-33-25/h6-11,16-17,22,25H,1-5,12-15,18H2,(H,28,29)(H,30,32)/b11-10+/t22-,25?/m1/s1. The summed E-state index contributed by atoms with van der Waals surface area (Å²) in [5.41, 5.74) is 4.30. The first-order chi connectivity index (χ1) is 16.6. The Bertz CT molecular complexity index is 933. The van der Waals surface area contributed by atoms with Gasteiger partial charge in [-0.3, -0.25) is 9.78 Å². The van der Waals surface area contributed by atoms with Crippen LogP contribution in [-0.2, 0) is 20.8 Å². The summed E-state index contributed by atoms with van der Waals surface area (Å²) in [5.74, 6) is 0.378. The Morgan fingerprint density at radius 2 is 2.06 bits per heavy atom. The third-order valence-corrected chi connectivity index (χ3v) is 6.25. The third kappa shape index (κ3) is 8.06. The molecule has 1 amide bonds. The van der Waals surface area contributed by atoms with Crippen molar-refractivity contribution in [1.82, 2.24) is 20.3 Å². The van der Waals surface area contributed by atoms with Crippen LogP contribution >= 0.6 is 11.6 Å². The molecule has 4 rings (SSSR count). The highest BCUT2D eigenvalue weighted by Gasteiger charge is 2.20. The van der Waals surface area contributed by atoms with Crippen molar-refractivity contribution in [2.24, 2.45) is 0 Å². The van der Waals surface area contributed by atoms with E-state index in [0.717, 1.165) is 69.0 Å². The average Bonchev–Trinajstić information content (AvgIpc) is 2.87. The number of aromatic nitrogens is 2. The molecule has 2 fully saturated rings. The van der Waals surface area contributed by atoms with Gasteiger partial charge in [0.1, 0.15) is 5.82 Å². The van der Waals surface area contributed by atoms with E-state index in [1.54, 1.807) is 18.5 Å². The molecule has 3 heterocycles. The van der Waals surface area contributed by atoms with Gasteiger partial charge in [0.2, 0.25) is 0 Å². The number of benzene rings is 1. The van der Waals surface area contributed by atoms with E-state index in [1.165, 1.54) is 11.6 Å². The molecule has 2 aromatic rings. The molecule has 1 unspecified atom stereocenters. The molecule has 9 heteroatoms. The summed E-state index contributed by atoms with van der Waals surface area (Å²) >= 11 is 5.98. The number of piperidine rings is 1. The normalized spacial score (nSPS) is 21.4. The van der Waals surface area contributed by atoms with Crippen molar-refractivity contribution in [3.05, 3.63) is 59.0 Å². The van der Waals surface area contributed by atoms with Gasteiger partial charge in [-0.25, -0.2) is 15.3 Å². The van der Waals surface area contributed by atoms with Crippen LogP contribution in [0.1, 0.15) is 43.4 Å². The van der Waals surface area contributed by atoms with E-state index in [4.69, 9.17) is 21.2 Å². The molecule has 2 aliphatic heterocycles. The molecule has 0 radical (unpaired) electrons. The topological polar surface area (TPSA) is 88.6 Å². The Morgan fingerprint density at radius 3 is 2.82 bits per heavy atom. The zero-order valence-electron chi connectivity index (χ0n) is 19.3. The highest BCUT2D eigenvalue weighted by atomic mass is 35.5. The van der Waals surface area contributed by atoms with Gasteiger partial charge < -0.3 is 15.0 Å². The van der Waals surface area contributed by atoms with Crippen LogP contribution in [0.3, 0.4) is 0 Å². The lowest BCUT2D eigenvalue weighted by atomic mass is 10.0. The fourth-order valence-electron chi connectivity index (χ4n) is 4.15.